The van der Waals surface area contributed by atoms with Crippen LogP contribution in [0, 0.1) is 0 Å². The second-order valence-electron chi connectivity index (χ2n) is 5.68. The highest BCUT2D eigenvalue weighted by molar-refractivity contribution is 7.89. The van der Waals surface area contributed by atoms with Gasteiger partial charge in [-0.15, -0.1) is 0 Å². The summed E-state index contributed by atoms with van der Waals surface area (Å²) < 4.78 is 28.6. The quantitative estimate of drug-likeness (QED) is 0.704. The van der Waals surface area contributed by atoms with Gasteiger partial charge in [-0.05, 0) is 44.5 Å². The van der Waals surface area contributed by atoms with Crippen molar-refractivity contribution in [3.05, 3.63) is 48.3 Å². The maximum atomic E-state index is 12.2. The molecule has 0 bridgehead atoms. The van der Waals surface area contributed by atoms with E-state index in [4.69, 9.17) is 0 Å². The van der Waals surface area contributed by atoms with E-state index in [1.807, 2.05) is 12.3 Å². The zero-order valence-electron chi connectivity index (χ0n) is 13.8. The van der Waals surface area contributed by atoms with Gasteiger partial charge in [0.05, 0.1) is 4.90 Å². The molecule has 1 aromatic carbocycles. The molecule has 24 heavy (non-hydrogen) atoms. The van der Waals surface area contributed by atoms with Crippen molar-refractivity contribution in [2.24, 2.45) is 0 Å². The molecular weight excluding hydrogens is 328 g/mol. The number of carbonyl (C=O) groups excluding carboxylic acids is 1. The van der Waals surface area contributed by atoms with Gasteiger partial charge in [-0.2, -0.15) is 5.10 Å². The molecular formula is C16H22N4O3S. The van der Waals surface area contributed by atoms with Crippen LogP contribution < -0.4 is 10.0 Å². The summed E-state index contributed by atoms with van der Waals surface area (Å²) in [6.07, 6.45) is 4.30. The summed E-state index contributed by atoms with van der Waals surface area (Å²) >= 11 is 0. The number of hydrogen-bond acceptors (Lipinski definition) is 4. The molecule has 2 rings (SSSR count). The molecule has 0 aliphatic heterocycles. The third-order valence-electron chi connectivity index (χ3n) is 3.21. The Kier molecular flexibility index (Phi) is 6.10. The largest absolute Gasteiger partial charge is 0.352 e. The Morgan fingerprint density at radius 1 is 1.29 bits per heavy atom. The molecule has 130 valence electrons. The van der Waals surface area contributed by atoms with Gasteiger partial charge in [0.25, 0.3) is 5.91 Å². The van der Waals surface area contributed by atoms with Crippen molar-refractivity contribution >= 4 is 15.9 Å². The molecule has 0 spiro atoms. The monoisotopic (exact) mass is 350 g/mol. The number of rotatable bonds is 8. The Balaban J connectivity index is 1.93. The molecule has 2 aromatic rings. The molecule has 0 saturated carbocycles. The molecule has 0 atom stereocenters. The molecule has 1 heterocycles. The fourth-order valence-corrected chi connectivity index (χ4v) is 3.46. The lowest BCUT2D eigenvalue weighted by Gasteiger charge is -2.11. The zero-order valence-corrected chi connectivity index (χ0v) is 14.6. The Labute approximate surface area is 142 Å². The predicted octanol–water partition coefficient (Wildman–Crippen LogP) is 1.39. The summed E-state index contributed by atoms with van der Waals surface area (Å²) in [6.45, 7) is 4.68. The summed E-state index contributed by atoms with van der Waals surface area (Å²) in [5, 5.41) is 6.87. The maximum Gasteiger partial charge on any atom is 0.251 e. The minimum absolute atomic E-state index is 0.0837. The van der Waals surface area contributed by atoms with Gasteiger partial charge >= 0.3 is 0 Å². The first kappa shape index (κ1) is 18.2. The number of sulfonamides is 1. The van der Waals surface area contributed by atoms with Gasteiger partial charge in [-0.25, -0.2) is 13.1 Å². The summed E-state index contributed by atoms with van der Waals surface area (Å²) in [5.74, 6) is -0.294. The van der Waals surface area contributed by atoms with Crippen molar-refractivity contribution < 1.29 is 13.2 Å². The van der Waals surface area contributed by atoms with Crippen LogP contribution in [-0.4, -0.2) is 36.7 Å². The van der Waals surface area contributed by atoms with Crippen molar-refractivity contribution in [2.45, 2.75) is 37.8 Å². The molecule has 7 nitrogen and oxygen atoms in total. The van der Waals surface area contributed by atoms with Crippen LogP contribution in [0.15, 0.2) is 47.6 Å². The smallest absolute Gasteiger partial charge is 0.251 e. The van der Waals surface area contributed by atoms with Crippen LogP contribution in [0.3, 0.4) is 0 Å². The lowest BCUT2D eigenvalue weighted by Crippen LogP contribution is -2.30. The second-order valence-corrected chi connectivity index (χ2v) is 7.40. The first-order valence-corrected chi connectivity index (χ1v) is 9.25. The fraction of sp³-hybridized carbons (Fsp3) is 0.375. The number of carbonyl (C=O) groups is 1. The molecule has 1 aromatic heterocycles. The summed E-state index contributed by atoms with van der Waals surface area (Å²) in [7, 11) is -3.61. The third-order valence-corrected chi connectivity index (χ3v) is 4.86. The highest BCUT2D eigenvalue weighted by atomic mass is 32.2. The van der Waals surface area contributed by atoms with E-state index in [1.165, 1.54) is 12.1 Å². The number of aryl methyl sites for hydroxylation is 1. The van der Waals surface area contributed by atoms with Crippen LogP contribution in [0.4, 0.5) is 0 Å². The van der Waals surface area contributed by atoms with Gasteiger partial charge in [0.2, 0.25) is 10.0 Å². The van der Waals surface area contributed by atoms with Crippen LogP contribution in [0.5, 0.6) is 0 Å². The minimum Gasteiger partial charge on any atom is -0.352 e. The van der Waals surface area contributed by atoms with Gasteiger partial charge in [0.15, 0.2) is 0 Å². The van der Waals surface area contributed by atoms with Crippen LogP contribution >= 0.6 is 0 Å². The van der Waals surface area contributed by atoms with Crippen molar-refractivity contribution in [1.82, 2.24) is 19.8 Å². The normalized spacial score (nSPS) is 11.6. The zero-order chi connectivity index (χ0) is 17.6. The molecule has 0 aliphatic carbocycles. The topological polar surface area (TPSA) is 93.1 Å². The van der Waals surface area contributed by atoms with Crippen molar-refractivity contribution in [1.29, 1.82) is 0 Å². The first-order valence-electron chi connectivity index (χ1n) is 7.76. The lowest BCUT2D eigenvalue weighted by atomic mass is 10.2. The first-order chi connectivity index (χ1) is 11.4. The number of hydrogen-bond donors (Lipinski definition) is 2. The molecule has 0 unspecified atom stereocenters. The Morgan fingerprint density at radius 2 is 2.08 bits per heavy atom. The molecule has 0 radical (unpaired) electrons. The van der Waals surface area contributed by atoms with E-state index in [0.29, 0.717) is 18.7 Å². The van der Waals surface area contributed by atoms with Crippen molar-refractivity contribution in [2.75, 3.05) is 6.54 Å². The standard InChI is InChI=1S/C16H22N4O3S/c1-13(2)19-24(22,23)15-7-3-6-14(12-15)16(21)17-8-4-10-20-11-5-9-18-20/h3,5-7,9,11-13,19H,4,8,10H2,1-2H3,(H,17,21). The fourth-order valence-electron chi connectivity index (χ4n) is 2.16. The Hall–Kier alpha value is -2.19. The van der Waals surface area contributed by atoms with Crippen LogP contribution in [0.2, 0.25) is 0 Å². The van der Waals surface area contributed by atoms with E-state index in [2.05, 4.69) is 15.1 Å². The van der Waals surface area contributed by atoms with E-state index in [1.54, 1.807) is 36.9 Å². The number of aromatic nitrogens is 2. The van der Waals surface area contributed by atoms with Gasteiger partial charge in [0, 0.05) is 37.1 Å². The van der Waals surface area contributed by atoms with Crippen LogP contribution in [0.25, 0.3) is 0 Å². The van der Waals surface area contributed by atoms with Gasteiger partial charge in [-0.1, -0.05) is 6.07 Å². The number of nitrogens with zero attached hydrogens (tertiary/aromatic N) is 2. The summed E-state index contributed by atoms with van der Waals surface area (Å²) in [5.41, 5.74) is 0.320. The molecule has 2 N–H and O–H groups in total. The second kappa shape index (κ2) is 8.07. The predicted molar refractivity (Wildman–Crippen MR) is 91.1 cm³/mol. The minimum atomic E-state index is -3.61. The molecule has 0 aliphatic rings. The highest BCUT2D eigenvalue weighted by Crippen LogP contribution is 2.12. The third kappa shape index (κ3) is 5.17. The molecule has 0 fully saturated rings. The van der Waals surface area contributed by atoms with Gasteiger partial charge in [-0.3, -0.25) is 9.48 Å². The van der Waals surface area contributed by atoms with Crippen LogP contribution in [-0.2, 0) is 16.6 Å². The maximum absolute atomic E-state index is 12.2. The molecule has 8 heteroatoms. The van der Waals surface area contributed by atoms with E-state index in [0.717, 1.165) is 6.42 Å². The summed E-state index contributed by atoms with van der Waals surface area (Å²) in [4.78, 5) is 12.2. The average molecular weight is 350 g/mol. The lowest BCUT2D eigenvalue weighted by molar-refractivity contribution is 0.0952. The molecule has 1 amide bonds. The van der Waals surface area contributed by atoms with Gasteiger partial charge in [0.1, 0.15) is 0 Å². The number of benzene rings is 1. The Morgan fingerprint density at radius 3 is 2.75 bits per heavy atom. The average Bonchev–Trinajstić information content (AvgIpc) is 3.03. The highest BCUT2D eigenvalue weighted by Gasteiger charge is 2.17. The Bertz CT molecular complexity index is 770. The number of nitrogens with one attached hydrogen (secondary N) is 2. The van der Waals surface area contributed by atoms with Crippen molar-refractivity contribution in [3.8, 4) is 0 Å². The number of amides is 1. The van der Waals surface area contributed by atoms with E-state index in [9.17, 15) is 13.2 Å². The summed E-state index contributed by atoms with van der Waals surface area (Å²) in [6, 6.07) is 7.64. The SMILES string of the molecule is CC(C)NS(=O)(=O)c1cccc(C(=O)NCCCn2cccn2)c1. The van der Waals surface area contributed by atoms with E-state index in [-0.39, 0.29) is 16.8 Å². The van der Waals surface area contributed by atoms with E-state index < -0.39 is 10.0 Å². The van der Waals surface area contributed by atoms with Crippen molar-refractivity contribution in [3.63, 3.8) is 0 Å². The van der Waals surface area contributed by atoms with Crippen LogP contribution in [0.1, 0.15) is 30.6 Å². The van der Waals surface area contributed by atoms with Gasteiger partial charge < -0.3 is 5.32 Å². The molecule has 0 saturated heterocycles. The van der Waals surface area contributed by atoms with E-state index >= 15 is 0 Å².